The maximum absolute atomic E-state index is 12.8. The van der Waals surface area contributed by atoms with E-state index in [2.05, 4.69) is 6.07 Å². The normalized spacial score (nSPS) is 18.7. The first kappa shape index (κ1) is 13.9. The van der Waals surface area contributed by atoms with Crippen LogP contribution in [0, 0.1) is 0 Å². The van der Waals surface area contributed by atoms with Gasteiger partial charge in [-0.3, -0.25) is 4.79 Å². The average Bonchev–Trinajstić information content (AvgIpc) is 3.23. The molecule has 0 radical (unpaired) electrons. The van der Waals surface area contributed by atoms with Crippen LogP contribution in [0.25, 0.3) is 10.2 Å². The molecule has 1 aliphatic rings. The molecular formula is C17H16N2OS2. The van der Waals surface area contributed by atoms with Crippen LogP contribution >= 0.6 is 22.7 Å². The number of benzene rings is 1. The van der Waals surface area contributed by atoms with Gasteiger partial charge in [0.1, 0.15) is 5.01 Å². The van der Waals surface area contributed by atoms with E-state index in [1.54, 1.807) is 22.7 Å². The Bertz CT molecular complexity index is 761. The van der Waals surface area contributed by atoms with Gasteiger partial charge in [0.15, 0.2) is 0 Å². The number of fused-ring (bicyclic) bond motifs is 1. The Morgan fingerprint density at radius 2 is 2.14 bits per heavy atom. The van der Waals surface area contributed by atoms with Gasteiger partial charge in [-0.15, -0.1) is 11.3 Å². The Labute approximate surface area is 137 Å². The number of aromatic nitrogens is 1. The van der Waals surface area contributed by atoms with Crippen molar-refractivity contribution in [2.45, 2.75) is 25.3 Å². The van der Waals surface area contributed by atoms with Crippen LogP contribution in [0.5, 0.6) is 0 Å². The third-order valence-electron chi connectivity index (χ3n) is 4.13. The molecule has 0 N–H and O–H groups in total. The number of amides is 1. The minimum absolute atomic E-state index is 0.124. The van der Waals surface area contributed by atoms with Crippen LogP contribution in [-0.2, 0) is 0 Å². The highest BCUT2D eigenvalue weighted by molar-refractivity contribution is 7.18. The lowest BCUT2D eigenvalue weighted by atomic mass is 10.0. The minimum atomic E-state index is 0.124. The largest absolute Gasteiger partial charge is 0.329 e. The van der Waals surface area contributed by atoms with Crippen molar-refractivity contribution in [3.63, 3.8) is 0 Å². The van der Waals surface area contributed by atoms with Crippen molar-refractivity contribution in [2.24, 2.45) is 0 Å². The molecule has 3 nitrogen and oxygen atoms in total. The number of rotatable bonds is 2. The van der Waals surface area contributed by atoms with Gasteiger partial charge < -0.3 is 4.90 Å². The molecule has 1 atom stereocenters. The number of nitrogens with zero attached hydrogens (tertiary/aromatic N) is 2. The first-order valence-corrected chi connectivity index (χ1v) is 9.27. The molecule has 0 bridgehead atoms. The van der Waals surface area contributed by atoms with Crippen LogP contribution in [0.2, 0.25) is 0 Å². The highest BCUT2D eigenvalue weighted by atomic mass is 32.1. The summed E-state index contributed by atoms with van der Waals surface area (Å²) in [4.78, 5) is 19.6. The van der Waals surface area contributed by atoms with Crippen LogP contribution < -0.4 is 0 Å². The number of piperidine rings is 1. The zero-order valence-electron chi connectivity index (χ0n) is 12.1. The Balaban J connectivity index is 1.69. The van der Waals surface area contributed by atoms with Crippen molar-refractivity contribution in [2.75, 3.05) is 6.54 Å². The fraction of sp³-hybridized carbons (Fsp3) is 0.294. The number of likely N-dealkylation sites (tertiary alicyclic amines) is 1. The SMILES string of the molecule is O=C(c1ccsc1)N1CCCCC1c1nc2ccccc2s1. The van der Waals surface area contributed by atoms with E-state index < -0.39 is 0 Å². The highest BCUT2D eigenvalue weighted by Gasteiger charge is 2.30. The zero-order chi connectivity index (χ0) is 14.9. The Kier molecular flexibility index (Phi) is 3.68. The fourth-order valence-corrected chi connectivity index (χ4v) is 4.76. The monoisotopic (exact) mass is 328 g/mol. The summed E-state index contributed by atoms with van der Waals surface area (Å²) in [5.41, 5.74) is 1.84. The number of thiophene rings is 1. The molecule has 1 amide bonds. The van der Waals surface area contributed by atoms with Crippen molar-refractivity contribution in [3.8, 4) is 0 Å². The van der Waals surface area contributed by atoms with Crippen LogP contribution in [-0.4, -0.2) is 22.3 Å². The Hall–Kier alpha value is -1.72. The van der Waals surface area contributed by atoms with Crippen molar-refractivity contribution in [1.82, 2.24) is 9.88 Å². The van der Waals surface area contributed by atoms with Gasteiger partial charge in [-0.2, -0.15) is 11.3 Å². The zero-order valence-corrected chi connectivity index (χ0v) is 13.7. The molecule has 0 aliphatic carbocycles. The molecule has 0 saturated carbocycles. The lowest BCUT2D eigenvalue weighted by Crippen LogP contribution is -2.38. The number of hydrogen-bond donors (Lipinski definition) is 0. The van der Waals surface area contributed by atoms with Crippen molar-refractivity contribution in [1.29, 1.82) is 0 Å². The molecule has 2 aromatic heterocycles. The van der Waals surface area contributed by atoms with Crippen LogP contribution in [0.1, 0.15) is 40.7 Å². The van der Waals surface area contributed by atoms with E-state index in [4.69, 9.17) is 4.98 Å². The molecule has 3 heterocycles. The maximum Gasteiger partial charge on any atom is 0.255 e. The summed E-state index contributed by atoms with van der Waals surface area (Å²) < 4.78 is 1.20. The van der Waals surface area contributed by atoms with E-state index in [0.29, 0.717) is 0 Å². The first-order chi connectivity index (χ1) is 10.8. The molecule has 5 heteroatoms. The van der Waals surface area contributed by atoms with E-state index in [-0.39, 0.29) is 11.9 Å². The minimum Gasteiger partial charge on any atom is -0.329 e. The molecule has 1 aliphatic heterocycles. The second kappa shape index (κ2) is 5.82. The third kappa shape index (κ3) is 2.44. The molecule has 22 heavy (non-hydrogen) atoms. The summed E-state index contributed by atoms with van der Waals surface area (Å²) in [5, 5.41) is 4.97. The number of hydrogen-bond acceptors (Lipinski definition) is 4. The van der Waals surface area contributed by atoms with Gasteiger partial charge in [0, 0.05) is 11.9 Å². The van der Waals surface area contributed by atoms with Crippen molar-refractivity contribution < 1.29 is 4.79 Å². The average molecular weight is 328 g/mol. The van der Waals surface area contributed by atoms with E-state index in [0.717, 1.165) is 41.9 Å². The van der Waals surface area contributed by atoms with Crippen molar-refractivity contribution in [3.05, 3.63) is 51.7 Å². The predicted octanol–water partition coefficient (Wildman–Crippen LogP) is 4.73. The molecule has 1 aromatic carbocycles. The van der Waals surface area contributed by atoms with Gasteiger partial charge >= 0.3 is 0 Å². The summed E-state index contributed by atoms with van der Waals surface area (Å²) in [7, 11) is 0. The second-order valence-electron chi connectivity index (χ2n) is 5.54. The molecular weight excluding hydrogens is 312 g/mol. The predicted molar refractivity (Wildman–Crippen MR) is 91.6 cm³/mol. The van der Waals surface area contributed by atoms with Gasteiger partial charge in [0.25, 0.3) is 5.91 Å². The quantitative estimate of drug-likeness (QED) is 0.681. The van der Waals surface area contributed by atoms with Crippen molar-refractivity contribution >= 4 is 38.8 Å². The Morgan fingerprint density at radius 1 is 1.23 bits per heavy atom. The molecule has 3 aromatic rings. The number of carbonyl (C=O) groups is 1. The van der Waals surface area contributed by atoms with Gasteiger partial charge in [-0.1, -0.05) is 12.1 Å². The number of thiazole rings is 1. The lowest BCUT2D eigenvalue weighted by Gasteiger charge is -2.34. The summed E-state index contributed by atoms with van der Waals surface area (Å²) in [6, 6.07) is 10.2. The summed E-state index contributed by atoms with van der Waals surface area (Å²) >= 11 is 3.29. The standard InChI is InChI=1S/C17H16N2OS2/c20-17(12-8-10-21-11-12)19-9-4-3-6-14(19)16-18-13-5-1-2-7-15(13)22-16/h1-2,5,7-8,10-11,14H,3-4,6,9H2. The molecule has 1 fully saturated rings. The molecule has 1 unspecified atom stereocenters. The van der Waals surface area contributed by atoms with Gasteiger partial charge in [-0.05, 0) is 42.8 Å². The van der Waals surface area contributed by atoms with Gasteiger partial charge in [-0.25, -0.2) is 4.98 Å². The summed E-state index contributed by atoms with van der Waals surface area (Å²) in [6.07, 6.45) is 3.25. The van der Waals surface area contributed by atoms with E-state index in [9.17, 15) is 4.79 Å². The second-order valence-corrected chi connectivity index (χ2v) is 7.38. The van der Waals surface area contributed by atoms with Crippen LogP contribution in [0.15, 0.2) is 41.1 Å². The van der Waals surface area contributed by atoms with Gasteiger partial charge in [0.05, 0.1) is 21.8 Å². The van der Waals surface area contributed by atoms with E-state index >= 15 is 0 Å². The summed E-state index contributed by atoms with van der Waals surface area (Å²) in [6.45, 7) is 0.829. The first-order valence-electron chi connectivity index (χ1n) is 7.51. The molecule has 112 valence electrons. The smallest absolute Gasteiger partial charge is 0.255 e. The topological polar surface area (TPSA) is 33.2 Å². The van der Waals surface area contributed by atoms with E-state index in [1.807, 2.05) is 39.9 Å². The third-order valence-corrected chi connectivity index (χ3v) is 5.95. The van der Waals surface area contributed by atoms with E-state index in [1.165, 1.54) is 4.70 Å². The number of para-hydroxylation sites is 1. The molecule has 4 rings (SSSR count). The lowest BCUT2D eigenvalue weighted by molar-refractivity contribution is 0.0612. The fourth-order valence-electron chi connectivity index (χ4n) is 3.02. The summed E-state index contributed by atoms with van der Waals surface area (Å²) in [5.74, 6) is 0.144. The number of carbonyl (C=O) groups excluding carboxylic acids is 1. The maximum atomic E-state index is 12.8. The molecule has 0 spiro atoms. The Morgan fingerprint density at radius 3 is 2.95 bits per heavy atom. The van der Waals surface area contributed by atoms with Gasteiger partial charge in [0.2, 0.25) is 0 Å². The van der Waals surface area contributed by atoms with Crippen LogP contribution in [0.3, 0.4) is 0 Å². The van der Waals surface area contributed by atoms with Crippen LogP contribution in [0.4, 0.5) is 0 Å². The highest BCUT2D eigenvalue weighted by Crippen LogP contribution is 2.36. The molecule has 1 saturated heterocycles.